The SMILES string of the molecule is NC(=O)c1sccc1NC(=O)c1csc(C2CCN(C(=O)C#Cc3ccccc3)CC2)n1. The van der Waals surface area contributed by atoms with Crippen molar-refractivity contribution in [3.63, 3.8) is 0 Å². The summed E-state index contributed by atoms with van der Waals surface area (Å²) in [5.41, 5.74) is 6.84. The van der Waals surface area contributed by atoms with Crippen LogP contribution in [0.4, 0.5) is 5.69 Å². The minimum Gasteiger partial charge on any atom is -0.365 e. The molecule has 1 aliphatic heterocycles. The van der Waals surface area contributed by atoms with Gasteiger partial charge < -0.3 is 16.0 Å². The van der Waals surface area contributed by atoms with E-state index in [9.17, 15) is 14.4 Å². The van der Waals surface area contributed by atoms with Crippen LogP contribution in [-0.4, -0.2) is 40.7 Å². The number of amides is 3. The summed E-state index contributed by atoms with van der Waals surface area (Å²) in [6.45, 7) is 1.20. The predicted molar refractivity (Wildman–Crippen MR) is 125 cm³/mol. The lowest BCUT2D eigenvalue weighted by Crippen LogP contribution is -2.37. The molecule has 0 atom stereocenters. The van der Waals surface area contributed by atoms with Crippen molar-refractivity contribution in [3.8, 4) is 11.8 Å². The number of carbonyl (C=O) groups is 3. The van der Waals surface area contributed by atoms with E-state index in [-0.39, 0.29) is 17.7 Å². The van der Waals surface area contributed by atoms with Gasteiger partial charge in [0.15, 0.2) is 0 Å². The summed E-state index contributed by atoms with van der Waals surface area (Å²) in [6.07, 6.45) is 1.54. The summed E-state index contributed by atoms with van der Waals surface area (Å²) in [4.78, 5) is 42.9. The molecule has 3 aromatic rings. The third-order valence-corrected chi connectivity index (χ3v) is 7.05. The Morgan fingerprint density at radius 2 is 1.84 bits per heavy atom. The molecule has 1 saturated heterocycles. The average Bonchev–Trinajstić information content (AvgIpc) is 3.48. The van der Waals surface area contributed by atoms with E-state index in [1.54, 1.807) is 21.7 Å². The predicted octanol–water partition coefficient (Wildman–Crippen LogP) is 3.31. The van der Waals surface area contributed by atoms with E-state index in [1.807, 2.05) is 30.3 Å². The van der Waals surface area contributed by atoms with E-state index in [1.165, 1.54) is 22.7 Å². The number of thiophene rings is 1. The van der Waals surface area contributed by atoms with Crippen LogP contribution >= 0.6 is 22.7 Å². The summed E-state index contributed by atoms with van der Waals surface area (Å²) in [5.74, 6) is 4.68. The van der Waals surface area contributed by atoms with Crippen molar-refractivity contribution >= 4 is 46.1 Å². The third kappa shape index (κ3) is 5.04. The summed E-state index contributed by atoms with van der Waals surface area (Å²) in [7, 11) is 0. The van der Waals surface area contributed by atoms with E-state index in [2.05, 4.69) is 22.1 Å². The van der Waals surface area contributed by atoms with Gasteiger partial charge in [0.05, 0.1) is 10.7 Å². The lowest BCUT2D eigenvalue weighted by Gasteiger charge is -2.29. The van der Waals surface area contributed by atoms with Crippen LogP contribution in [0.25, 0.3) is 0 Å². The summed E-state index contributed by atoms with van der Waals surface area (Å²) >= 11 is 2.61. The van der Waals surface area contributed by atoms with Crippen molar-refractivity contribution in [1.82, 2.24) is 9.88 Å². The van der Waals surface area contributed by atoms with Crippen molar-refractivity contribution in [2.75, 3.05) is 18.4 Å². The van der Waals surface area contributed by atoms with Gasteiger partial charge in [0.2, 0.25) is 0 Å². The van der Waals surface area contributed by atoms with Crippen molar-refractivity contribution < 1.29 is 14.4 Å². The Kier molecular flexibility index (Phi) is 6.63. The van der Waals surface area contributed by atoms with Crippen LogP contribution in [0.2, 0.25) is 0 Å². The maximum atomic E-state index is 12.5. The number of rotatable bonds is 4. The Balaban J connectivity index is 1.33. The fraction of sp³-hybridized carbons (Fsp3) is 0.217. The minimum absolute atomic E-state index is 0.174. The first-order chi connectivity index (χ1) is 15.5. The smallest absolute Gasteiger partial charge is 0.298 e. The van der Waals surface area contributed by atoms with Crippen LogP contribution in [0, 0.1) is 11.8 Å². The van der Waals surface area contributed by atoms with Crippen LogP contribution in [0.15, 0.2) is 47.2 Å². The van der Waals surface area contributed by atoms with Gasteiger partial charge in [-0.2, -0.15) is 0 Å². The third-order valence-electron chi connectivity index (χ3n) is 5.11. The summed E-state index contributed by atoms with van der Waals surface area (Å²) in [5, 5.41) is 6.98. The molecule has 162 valence electrons. The van der Waals surface area contributed by atoms with Crippen LogP contribution in [0.3, 0.4) is 0 Å². The number of piperidine rings is 1. The number of thiazole rings is 1. The van der Waals surface area contributed by atoms with E-state index < -0.39 is 5.91 Å². The zero-order valence-corrected chi connectivity index (χ0v) is 18.7. The van der Waals surface area contributed by atoms with Gasteiger partial charge in [0.1, 0.15) is 10.6 Å². The Bertz CT molecular complexity index is 1200. The number of nitrogens with one attached hydrogen (secondary N) is 1. The number of nitrogens with two attached hydrogens (primary N) is 1. The minimum atomic E-state index is -0.580. The molecule has 1 aliphatic rings. The van der Waals surface area contributed by atoms with E-state index in [4.69, 9.17) is 5.73 Å². The maximum Gasteiger partial charge on any atom is 0.298 e. The molecule has 3 amide bonds. The van der Waals surface area contributed by atoms with Crippen LogP contribution in [0.5, 0.6) is 0 Å². The van der Waals surface area contributed by atoms with Gasteiger partial charge in [-0.05, 0) is 36.4 Å². The van der Waals surface area contributed by atoms with E-state index in [0.29, 0.717) is 29.3 Å². The highest BCUT2D eigenvalue weighted by atomic mass is 32.1. The maximum absolute atomic E-state index is 12.5. The lowest BCUT2D eigenvalue weighted by molar-refractivity contribution is -0.126. The Labute approximate surface area is 193 Å². The molecule has 0 radical (unpaired) electrons. The molecule has 3 N–H and O–H groups in total. The molecule has 32 heavy (non-hydrogen) atoms. The number of nitrogens with zero attached hydrogens (tertiary/aromatic N) is 2. The topological polar surface area (TPSA) is 105 Å². The Morgan fingerprint density at radius 3 is 2.56 bits per heavy atom. The van der Waals surface area contributed by atoms with Crippen LogP contribution < -0.4 is 11.1 Å². The monoisotopic (exact) mass is 464 g/mol. The highest BCUT2D eigenvalue weighted by Crippen LogP contribution is 2.31. The number of likely N-dealkylation sites (tertiary alicyclic amines) is 1. The number of anilines is 1. The van der Waals surface area contributed by atoms with Crippen molar-refractivity contribution in [2.24, 2.45) is 5.73 Å². The number of benzene rings is 1. The fourth-order valence-corrected chi connectivity index (χ4v) is 5.09. The molecule has 1 fully saturated rings. The van der Waals surface area contributed by atoms with Crippen molar-refractivity contribution in [3.05, 3.63) is 68.3 Å². The van der Waals surface area contributed by atoms with Gasteiger partial charge in [-0.15, -0.1) is 22.7 Å². The fourth-order valence-electron chi connectivity index (χ4n) is 3.42. The Morgan fingerprint density at radius 1 is 1.09 bits per heavy atom. The first-order valence-electron chi connectivity index (χ1n) is 10.0. The van der Waals surface area contributed by atoms with E-state index in [0.717, 1.165) is 23.4 Å². The normalized spacial score (nSPS) is 13.8. The van der Waals surface area contributed by atoms with Gasteiger partial charge >= 0.3 is 0 Å². The summed E-state index contributed by atoms with van der Waals surface area (Å²) < 4.78 is 0. The van der Waals surface area contributed by atoms with Gasteiger partial charge in [-0.25, -0.2) is 4.98 Å². The Hall–Kier alpha value is -3.48. The molecular formula is C23H20N4O3S2. The molecule has 0 unspecified atom stereocenters. The average molecular weight is 465 g/mol. The molecule has 3 heterocycles. The zero-order valence-electron chi connectivity index (χ0n) is 17.0. The quantitative estimate of drug-likeness (QED) is 0.578. The van der Waals surface area contributed by atoms with Crippen molar-refractivity contribution in [1.29, 1.82) is 0 Å². The first-order valence-corrected chi connectivity index (χ1v) is 11.8. The standard InChI is InChI=1S/C23H20N4O3S2/c24-21(29)20-17(10-13-31-20)25-22(30)18-14-32-23(26-18)16-8-11-27(12-9-16)19(28)7-6-15-4-2-1-3-5-15/h1-5,10,13-14,16H,8-9,11-12H2,(H2,24,29)(H,25,30). The molecule has 2 aromatic heterocycles. The number of hydrogen-bond donors (Lipinski definition) is 2. The molecule has 4 rings (SSSR count). The van der Waals surface area contributed by atoms with Crippen molar-refractivity contribution in [2.45, 2.75) is 18.8 Å². The number of primary amides is 1. The number of hydrogen-bond acceptors (Lipinski definition) is 6. The highest BCUT2D eigenvalue weighted by molar-refractivity contribution is 7.12. The highest BCUT2D eigenvalue weighted by Gasteiger charge is 2.26. The van der Waals surface area contributed by atoms with E-state index >= 15 is 0 Å². The molecule has 0 bridgehead atoms. The molecule has 0 aliphatic carbocycles. The largest absolute Gasteiger partial charge is 0.365 e. The number of carbonyl (C=O) groups excluding carboxylic acids is 3. The van der Waals surface area contributed by atoms with Gasteiger partial charge in [-0.3, -0.25) is 14.4 Å². The summed E-state index contributed by atoms with van der Waals surface area (Å²) in [6, 6.07) is 11.1. The van der Waals surface area contributed by atoms with Gasteiger partial charge in [0.25, 0.3) is 17.7 Å². The second-order valence-electron chi connectivity index (χ2n) is 7.24. The van der Waals surface area contributed by atoms with Crippen LogP contribution in [-0.2, 0) is 4.79 Å². The first kappa shape index (κ1) is 21.7. The molecule has 7 nitrogen and oxygen atoms in total. The molecule has 0 spiro atoms. The number of aromatic nitrogens is 1. The zero-order chi connectivity index (χ0) is 22.5. The molecule has 0 saturated carbocycles. The second kappa shape index (κ2) is 9.77. The second-order valence-corrected chi connectivity index (χ2v) is 9.04. The molecule has 1 aromatic carbocycles. The molecule has 9 heteroatoms. The van der Waals surface area contributed by atoms with Gasteiger partial charge in [0, 0.05) is 35.9 Å². The van der Waals surface area contributed by atoms with Crippen LogP contribution in [0.1, 0.15) is 49.5 Å². The molecular weight excluding hydrogens is 444 g/mol. The lowest BCUT2D eigenvalue weighted by atomic mass is 9.97. The van der Waals surface area contributed by atoms with Gasteiger partial charge in [-0.1, -0.05) is 24.1 Å².